The van der Waals surface area contributed by atoms with E-state index in [2.05, 4.69) is 52.0 Å². The zero-order valence-electron chi connectivity index (χ0n) is 14.4. The fourth-order valence-electron chi connectivity index (χ4n) is 3.72. The maximum absolute atomic E-state index is 12.2. The molecular weight excluding hydrogens is 298 g/mol. The molecule has 24 heavy (non-hydrogen) atoms. The van der Waals surface area contributed by atoms with Gasteiger partial charge in [-0.3, -0.25) is 4.90 Å². The van der Waals surface area contributed by atoms with Gasteiger partial charge in [0.05, 0.1) is 6.04 Å². The molecule has 2 atom stereocenters. The van der Waals surface area contributed by atoms with Crippen LogP contribution in [0.25, 0.3) is 0 Å². The Kier molecular flexibility index (Phi) is 6.30. The lowest BCUT2D eigenvalue weighted by Gasteiger charge is -2.28. The number of carbonyl (C=O) groups is 1. The number of carbonyl (C=O) groups excluding carboxylic acids is 1. The van der Waals surface area contributed by atoms with Crippen LogP contribution in [0.3, 0.4) is 0 Å². The molecule has 4 heteroatoms. The molecule has 1 fully saturated rings. The summed E-state index contributed by atoms with van der Waals surface area (Å²) in [4.78, 5) is 14.7. The van der Waals surface area contributed by atoms with Gasteiger partial charge in [0.25, 0.3) is 0 Å². The Labute approximate surface area is 145 Å². The number of urea groups is 1. The van der Waals surface area contributed by atoms with Crippen LogP contribution in [0.15, 0.2) is 42.5 Å². The highest BCUT2D eigenvalue weighted by Gasteiger charge is 2.23. The van der Waals surface area contributed by atoms with E-state index in [0.717, 1.165) is 32.5 Å². The third-order valence-electron chi connectivity index (χ3n) is 5.15. The van der Waals surface area contributed by atoms with Gasteiger partial charge < -0.3 is 10.6 Å². The Morgan fingerprint density at radius 2 is 1.92 bits per heavy atom. The second kappa shape index (κ2) is 8.88. The van der Waals surface area contributed by atoms with Gasteiger partial charge in [-0.25, -0.2) is 4.79 Å². The van der Waals surface area contributed by atoms with Crippen molar-refractivity contribution in [2.75, 3.05) is 26.2 Å². The Morgan fingerprint density at radius 1 is 1.12 bits per heavy atom. The van der Waals surface area contributed by atoms with E-state index in [4.69, 9.17) is 0 Å². The van der Waals surface area contributed by atoms with Crippen LogP contribution < -0.4 is 10.6 Å². The van der Waals surface area contributed by atoms with Crippen molar-refractivity contribution in [3.05, 3.63) is 48.0 Å². The molecule has 1 aromatic carbocycles. The van der Waals surface area contributed by atoms with E-state index in [1.807, 2.05) is 6.07 Å². The number of hydrogen-bond donors (Lipinski definition) is 2. The molecule has 3 rings (SSSR count). The highest BCUT2D eigenvalue weighted by atomic mass is 16.2. The Hall–Kier alpha value is -1.81. The van der Waals surface area contributed by atoms with Crippen molar-refractivity contribution in [1.29, 1.82) is 0 Å². The molecule has 130 valence electrons. The largest absolute Gasteiger partial charge is 0.338 e. The van der Waals surface area contributed by atoms with Crippen LogP contribution in [0.4, 0.5) is 4.79 Å². The van der Waals surface area contributed by atoms with Gasteiger partial charge in [-0.05, 0) is 56.7 Å². The smallest absolute Gasteiger partial charge is 0.314 e. The third kappa shape index (κ3) is 4.84. The van der Waals surface area contributed by atoms with Gasteiger partial charge in [0.1, 0.15) is 0 Å². The molecule has 1 heterocycles. The van der Waals surface area contributed by atoms with Gasteiger partial charge in [-0.1, -0.05) is 42.5 Å². The minimum absolute atomic E-state index is 0.0373. The molecule has 0 bridgehead atoms. The summed E-state index contributed by atoms with van der Waals surface area (Å²) in [7, 11) is 0. The van der Waals surface area contributed by atoms with E-state index in [0.29, 0.717) is 12.5 Å². The highest BCUT2D eigenvalue weighted by molar-refractivity contribution is 5.73. The first-order valence-corrected chi connectivity index (χ1v) is 9.28. The second-order valence-electron chi connectivity index (χ2n) is 6.91. The average Bonchev–Trinajstić information content (AvgIpc) is 3.16. The quantitative estimate of drug-likeness (QED) is 0.786. The molecule has 1 aliphatic carbocycles. The van der Waals surface area contributed by atoms with Crippen LogP contribution >= 0.6 is 0 Å². The number of likely N-dealkylation sites (tertiary alicyclic amines) is 1. The normalized spacial score (nSPS) is 22.2. The van der Waals surface area contributed by atoms with Gasteiger partial charge in [0, 0.05) is 13.1 Å². The average molecular weight is 327 g/mol. The summed E-state index contributed by atoms with van der Waals surface area (Å²) in [5, 5.41) is 6.14. The predicted molar refractivity (Wildman–Crippen MR) is 97.9 cm³/mol. The van der Waals surface area contributed by atoms with E-state index < -0.39 is 0 Å². The van der Waals surface area contributed by atoms with Crippen LogP contribution in [-0.4, -0.2) is 37.1 Å². The summed E-state index contributed by atoms with van der Waals surface area (Å²) in [6.07, 6.45) is 10.4. The lowest BCUT2D eigenvalue weighted by atomic mass is 9.94. The minimum Gasteiger partial charge on any atom is -0.338 e. The minimum atomic E-state index is -0.0373. The number of hydrogen-bond acceptors (Lipinski definition) is 2. The maximum Gasteiger partial charge on any atom is 0.314 e. The van der Waals surface area contributed by atoms with Gasteiger partial charge in [0.2, 0.25) is 0 Å². The molecule has 0 spiro atoms. The van der Waals surface area contributed by atoms with Crippen molar-refractivity contribution in [2.45, 2.75) is 38.1 Å². The number of rotatable bonds is 6. The lowest BCUT2D eigenvalue weighted by molar-refractivity contribution is 0.219. The first kappa shape index (κ1) is 17.0. The molecular formula is C20H29N3O. The Balaban J connectivity index is 1.49. The molecule has 2 amide bonds. The van der Waals surface area contributed by atoms with E-state index in [1.165, 1.54) is 24.8 Å². The van der Waals surface area contributed by atoms with Crippen molar-refractivity contribution in [3.8, 4) is 0 Å². The van der Waals surface area contributed by atoms with E-state index in [9.17, 15) is 4.79 Å². The zero-order valence-corrected chi connectivity index (χ0v) is 14.4. The Bertz CT molecular complexity index is 537. The van der Waals surface area contributed by atoms with Gasteiger partial charge >= 0.3 is 6.03 Å². The number of allylic oxidation sites excluding steroid dienone is 2. The fourth-order valence-corrected chi connectivity index (χ4v) is 3.72. The molecule has 1 saturated heterocycles. The van der Waals surface area contributed by atoms with Crippen LogP contribution in [0.5, 0.6) is 0 Å². The monoisotopic (exact) mass is 327 g/mol. The van der Waals surface area contributed by atoms with Gasteiger partial charge in [-0.2, -0.15) is 0 Å². The molecule has 2 N–H and O–H groups in total. The number of nitrogens with one attached hydrogen (secondary N) is 2. The zero-order chi connectivity index (χ0) is 16.6. The van der Waals surface area contributed by atoms with Crippen LogP contribution in [0.2, 0.25) is 0 Å². The first-order valence-electron chi connectivity index (χ1n) is 9.28. The van der Waals surface area contributed by atoms with Crippen LogP contribution in [0, 0.1) is 5.92 Å². The molecule has 1 aromatic rings. The van der Waals surface area contributed by atoms with Crippen LogP contribution in [-0.2, 0) is 0 Å². The van der Waals surface area contributed by atoms with E-state index in [-0.39, 0.29) is 12.1 Å². The van der Waals surface area contributed by atoms with Crippen LogP contribution in [0.1, 0.15) is 43.7 Å². The van der Waals surface area contributed by atoms with Crippen molar-refractivity contribution in [3.63, 3.8) is 0 Å². The summed E-state index contributed by atoms with van der Waals surface area (Å²) in [6, 6.07) is 10.8. The number of nitrogens with zero attached hydrogens (tertiary/aromatic N) is 1. The molecule has 1 aliphatic heterocycles. The molecule has 0 radical (unpaired) electrons. The Morgan fingerprint density at radius 3 is 2.62 bits per heavy atom. The molecule has 4 nitrogen and oxygen atoms in total. The van der Waals surface area contributed by atoms with E-state index in [1.54, 1.807) is 0 Å². The first-order chi connectivity index (χ1) is 11.8. The molecule has 0 aromatic heterocycles. The van der Waals surface area contributed by atoms with Crippen molar-refractivity contribution >= 4 is 6.03 Å². The van der Waals surface area contributed by atoms with Crippen molar-refractivity contribution in [2.24, 2.45) is 5.92 Å². The fraction of sp³-hybridized carbons (Fsp3) is 0.550. The van der Waals surface area contributed by atoms with Crippen molar-refractivity contribution < 1.29 is 4.79 Å². The lowest BCUT2D eigenvalue weighted by Crippen LogP contribution is -2.43. The maximum atomic E-state index is 12.2. The van der Waals surface area contributed by atoms with Gasteiger partial charge in [-0.15, -0.1) is 0 Å². The third-order valence-corrected chi connectivity index (χ3v) is 5.15. The number of benzene rings is 1. The molecule has 2 aliphatic rings. The topological polar surface area (TPSA) is 44.4 Å². The summed E-state index contributed by atoms with van der Waals surface area (Å²) in [5.74, 6) is 0.587. The standard InChI is InChI=1S/C20H29N3O/c24-20(21-15-17-9-3-1-4-10-17)22-16-19(23-13-7-8-14-23)18-11-5-2-6-12-18/h1-3,5-6,11-12,17,19H,4,7-10,13-16H2,(H2,21,22,24). The summed E-state index contributed by atoms with van der Waals surface area (Å²) in [5.41, 5.74) is 1.29. The summed E-state index contributed by atoms with van der Waals surface area (Å²) < 4.78 is 0. The predicted octanol–water partition coefficient (Wildman–Crippen LogP) is 3.48. The van der Waals surface area contributed by atoms with Gasteiger partial charge in [0.15, 0.2) is 0 Å². The molecule has 0 saturated carbocycles. The van der Waals surface area contributed by atoms with Crippen molar-refractivity contribution in [1.82, 2.24) is 15.5 Å². The number of amides is 2. The molecule has 2 unspecified atom stereocenters. The second-order valence-corrected chi connectivity index (χ2v) is 6.91. The van der Waals surface area contributed by atoms with E-state index >= 15 is 0 Å². The SMILES string of the molecule is O=C(NCC1CC=CCC1)NCC(c1ccccc1)N1CCCC1. The summed E-state index contributed by atoms with van der Waals surface area (Å²) in [6.45, 7) is 3.69. The summed E-state index contributed by atoms with van der Waals surface area (Å²) >= 11 is 0. The highest BCUT2D eigenvalue weighted by Crippen LogP contribution is 2.24.